The highest BCUT2D eigenvalue weighted by molar-refractivity contribution is 6.30. The maximum atomic E-state index is 12.0. The fourth-order valence-electron chi connectivity index (χ4n) is 2.31. The molecule has 3 nitrogen and oxygen atoms in total. The molecule has 1 amide bonds. The lowest BCUT2D eigenvalue weighted by molar-refractivity contribution is -0.126. The van der Waals surface area contributed by atoms with E-state index in [1.165, 1.54) is 0 Å². The van der Waals surface area contributed by atoms with Crippen molar-refractivity contribution in [1.29, 1.82) is 0 Å². The summed E-state index contributed by atoms with van der Waals surface area (Å²) >= 11 is 5.82. The van der Waals surface area contributed by atoms with Crippen molar-refractivity contribution in [3.05, 3.63) is 34.9 Å². The van der Waals surface area contributed by atoms with Gasteiger partial charge in [0, 0.05) is 23.5 Å². The number of carbonyl (C=O) groups is 1. The minimum atomic E-state index is 0. The minimum absolute atomic E-state index is 0. The normalized spacial score (nSPS) is 22.4. The Kier molecular flexibility index (Phi) is 6.63. The molecule has 0 aliphatic carbocycles. The van der Waals surface area contributed by atoms with E-state index in [9.17, 15) is 4.79 Å². The summed E-state index contributed by atoms with van der Waals surface area (Å²) in [6.07, 6.45) is 1.85. The van der Waals surface area contributed by atoms with E-state index in [4.69, 9.17) is 11.6 Å². The molecule has 0 bridgehead atoms. The fraction of sp³-hybridized carbons (Fsp3) is 0.500. The highest BCUT2D eigenvalue weighted by Crippen LogP contribution is 2.16. The largest absolute Gasteiger partial charge is 0.352 e. The van der Waals surface area contributed by atoms with E-state index >= 15 is 0 Å². The van der Waals surface area contributed by atoms with Crippen LogP contribution in [0.4, 0.5) is 0 Å². The molecule has 2 N–H and O–H groups in total. The number of piperidine rings is 1. The molecule has 1 fully saturated rings. The molecular weight excluding hydrogens is 283 g/mol. The second-order valence-electron chi connectivity index (χ2n) is 4.92. The Hall–Kier alpha value is -0.770. The lowest BCUT2D eigenvalue weighted by Crippen LogP contribution is -2.42. The monoisotopic (exact) mass is 302 g/mol. The van der Waals surface area contributed by atoms with E-state index in [1.54, 1.807) is 0 Å². The Morgan fingerprint density at radius 3 is 2.74 bits per heavy atom. The molecule has 19 heavy (non-hydrogen) atoms. The molecule has 0 aromatic heterocycles. The summed E-state index contributed by atoms with van der Waals surface area (Å²) in [4.78, 5) is 12.0. The van der Waals surface area contributed by atoms with Gasteiger partial charge in [-0.2, -0.15) is 0 Å². The van der Waals surface area contributed by atoms with Gasteiger partial charge in [-0.3, -0.25) is 4.79 Å². The van der Waals surface area contributed by atoms with Gasteiger partial charge in [0.15, 0.2) is 0 Å². The van der Waals surface area contributed by atoms with E-state index < -0.39 is 0 Å². The zero-order valence-electron chi connectivity index (χ0n) is 11.0. The van der Waals surface area contributed by atoms with Gasteiger partial charge in [-0.05, 0) is 44.0 Å². The molecule has 1 heterocycles. The number of hydrogen-bond acceptors (Lipinski definition) is 2. The molecule has 0 spiro atoms. The number of amides is 1. The van der Waals surface area contributed by atoms with Crippen LogP contribution in [0.5, 0.6) is 0 Å². The molecule has 2 rings (SSSR count). The quantitative estimate of drug-likeness (QED) is 0.901. The van der Waals surface area contributed by atoms with Crippen molar-refractivity contribution >= 4 is 29.9 Å². The van der Waals surface area contributed by atoms with Crippen LogP contribution in [-0.4, -0.2) is 18.5 Å². The number of nitrogens with one attached hydrogen (secondary N) is 2. The smallest absolute Gasteiger partial charge is 0.223 e. The maximum absolute atomic E-state index is 12.0. The standard InChI is InChI=1S/C14H19ClN2O.ClH/c1-10-8-12(6-7-16-10)14(18)17-9-11-2-4-13(15)5-3-11;/h2-5,10,12,16H,6-9H2,1H3,(H,17,18);1H/t10-,12-;/m0./s1. The molecular formula is C14H20Cl2N2O. The van der Waals surface area contributed by atoms with Gasteiger partial charge in [-0.25, -0.2) is 0 Å². The van der Waals surface area contributed by atoms with E-state index in [2.05, 4.69) is 17.6 Å². The van der Waals surface area contributed by atoms with Crippen LogP contribution in [-0.2, 0) is 11.3 Å². The molecule has 1 aromatic carbocycles. The van der Waals surface area contributed by atoms with Gasteiger partial charge in [-0.15, -0.1) is 12.4 Å². The molecule has 1 saturated heterocycles. The van der Waals surface area contributed by atoms with Gasteiger partial charge in [0.1, 0.15) is 0 Å². The van der Waals surface area contributed by atoms with Crippen molar-refractivity contribution in [2.75, 3.05) is 6.54 Å². The van der Waals surface area contributed by atoms with E-state index in [0.29, 0.717) is 12.6 Å². The Morgan fingerprint density at radius 2 is 2.11 bits per heavy atom. The van der Waals surface area contributed by atoms with E-state index in [0.717, 1.165) is 30.0 Å². The number of hydrogen-bond donors (Lipinski definition) is 2. The third-order valence-corrected chi connectivity index (χ3v) is 3.63. The first-order valence-corrected chi connectivity index (χ1v) is 6.78. The summed E-state index contributed by atoms with van der Waals surface area (Å²) in [7, 11) is 0. The molecule has 106 valence electrons. The lowest BCUT2D eigenvalue weighted by atomic mass is 9.92. The van der Waals surface area contributed by atoms with Crippen molar-refractivity contribution in [2.45, 2.75) is 32.4 Å². The van der Waals surface area contributed by atoms with E-state index in [-0.39, 0.29) is 24.2 Å². The second kappa shape index (κ2) is 7.73. The first-order valence-electron chi connectivity index (χ1n) is 6.40. The van der Waals surface area contributed by atoms with Crippen LogP contribution < -0.4 is 10.6 Å². The highest BCUT2D eigenvalue weighted by Gasteiger charge is 2.24. The fourth-order valence-corrected chi connectivity index (χ4v) is 2.43. The number of benzene rings is 1. The van der Waals surface area contributed by atoms with Gasteiger partial charge in [0.25, 0.3) is 0 Å². The average Bonchev–Trinajstić information content (AvgIpc) is 2.38. The van der Waals surface area contributed by atoms with Crippen LogP contribution in [0.1, 0.15) is 25.3 Å². The second-order valence-corrected chi connectivity index (χ2v) is 5.36. The highest BCUT2D eigenvalue weighted by atomic mass is 35.5. The van der Waals surface area contributed by atoms with E-state index in [1.807, 2.05) is 24.3 Å². The molecule has 2 atom stereocenters. The predicted molar refractivity (Wildman–Crippen MR) is 80.7 cm³/mol. The zero-order chi connectivity index (χ0) is 13.0. The SMILES string of the molecule is C[C@H]1C[C@@H](C(=O)NCc2ccc(Cl)cc2)CCN1.Cl. The predicted octanol–water partition coefficient (Wildman–Crippen LogP) is 2.77. The molecule has 0 radical (unpaired) electrons. The third kappa shape index (κ3) is 5.01. The number of carbonyl (C=O) groups excluding carboxylic acids is 1. The van der Waals surface area contributed by atoms with Crippen molar-refractivity contribution in [1.82, 2.24) is 10.6 Å². The Bertz CT molecular complexity index is 408. The van der Waals surface area contributed by atoms with Crippen molar-refractivity contribution in [2.24, 2.45) is 5.92 Å². The first-order chi connectivity index (χ1) is 8.65. The van der Waals surface area contributed by atoms with Crippen LogP contribution in [0.2, 0.25) is 5.02 Å². The Morgan fingerprint density at radius 1 is 1.42 bits per heavy atom. The molecule has 0 saturated carbocycles. The number of rotatable bonds is 3. The first kappa shape index (κ1) is 16.3. The van der Waals surface area contributed by atoms with Crippen LogP contribution in [0.25, 0.3) is 0 Å². The van der Waals surface area contributed by atoms with Crippen LogP contribution >= 0.6 is 24.0 Å². The summed E-state index contributed by atoms with van der Waals surface area (Å²) in [6, 6.07) is 8.00. The molecule has 1 aliphatic heterocycles. The maximum Gasteiger partial charge on any atom is 0.223 e. The van der Waals surface area contributed by atoms with Crippen LogP contribution in [0.3, 0.4) is 0 Å². The summed E-state index contributed by atoms with van der Waals surface area (Å²) in [6.45, 7) is 3.63. The van der Waals surface area contributed by atoms with Crippen molar-refractivity contribution < 1.29 is 4.79 Å². The summed E-state index contributed by atoms with van der Waals surface area (Å²) in [5.41, 5.74) is 1.08. The minimum Gasteiger partial charge on any atom is -0.352 e. The zero-order valence-corrected chi connectivity index (χ0v) is 12.6. The lowest BCUT2D eigenvalue weighted by Gasteiger charge is -2.27. The summed E-state index contributed by atoms with van der Waals surface area (Å²) < 4.78 is 0. The van der Waals surface area contributed by atoms with Crippen LogP contribution in [0.15, 0.2) is 24.3 Å². The van der Waals surface area contributed by atoms with Gasteiger partial charge in [0.05, 0.1) is 0 Å². The van der Waals surface area contributed by atoms with Gasteiger partial charge >= 0.3 is 0 Å². The summed E-state index contributed by atoms with van der Waals surface area (Å²) in [5.74, 6) is 0.312. The average molecular weight is 303 g/mol. The summed E-state index contributed by atoms with van der Waals surface area (Å²) in [5, 5.41) is 7.07. The molecule has 5 heteroatoms. The number of halogens is 2. The third-order valence-electron chi connectivity index (χ3n) is 3.37. The van der Waals surface area contributed by atoms with Crippen molar-refractivity contribution in [3.8, 4) is 0 Å². The van der Waals surface area contributed by atoms with Crippen LogP contribution in [0, 0.1) is 5.92 Å². The Labute approximate surface area is 125 Å². The molecule has 1 aromatic rings. The topological polar surface area (TPSA) is 41.1 Å². The van der Waals surface area contributed by atoms with Gasteiger partial charge in [-0.1, -0.05) is 23.7 Å². The molecule has 1 aliphatic rings. The molecule has 0 unspecified atom stereocenters. The van der Waals surface area contributed by atoms with Crippen molar-refractivity contribution in [3.63, 3.8) is 0 Å². The van der Waals surface area contributed by atoms with Gasteiger partial charge in [0.2, 0.25) is 5.91 Å². The van der Waals surface area contributed by atoms with Gasteiger partial charge < -0.3 is 10.6 Å². The Balaban J connectivity index is 0.00000180.